The lowest BCUT2D eigenvalue weighted by atomic mass is 10.1. The molecule has 1 aliphatic heterocycles. The van der Waals surface area contributed by atoms with Crippen molar-refractivity contribution in [2.45, 2.75) is 19.4 Å². The van der Waals surface area contributed by atoms with Crippen LogP contribution in [-0.4, -0.2) is 60.8 Å². The zero-order valence-electron chi connectivity index (χ0n) is 12.7. The van der Waals surface area contributed by atoms with Crippen molar-refractivity contribution in [1.29, 1.82) is 0 Å². The van der Waals surface area contributed by atoms with Gasteiger partial charge in [0.1, 0.15) is 17.0 Å². The number of hydrogen-bond donors (Lipinski definition) is 0. The standard InChI is InChI=1S/C15H22N4OS/c1-3-12-10-19(6-5-18(12)7-8-20-2)14-13-4-9-21-15(13)17-11-16-14/h4,9,11-12H,3,5-8,10H2,1-2H3. The molecule has 6 heteroatoms. The van der Waals surface area contributed by atoms with Crippen LogP contribution in [0.25, 0.3) is 10.2 Å². The Hall–Kier alpha value is -1.24. The van der Waals surface area contributed by atoms with Crippen molar-refractivity contribution in [2.75, 3.05) is 44.8 Å². The van der Waals surface area contributed by atoms with E-state index in [-0.39, 0.29) is 0 Å². The Morgan fingerprint density at radius 1 is 1.38 bits per heavy atom. The average Bonchev–Trinajstić information content (AvgIpc) is 3.01. The van der Waals surface area contributed by atoms with Gasteiger partial charge in [-0.05, 0) is 17.9 Å². The minimum absolute atomic E-state index is 0.567. The van der Waals surface area contributed by atoms with Crippen LogP contribution in [0.1, 0.15) is 13.3 Å². The lowest BCUT2D eigenvalue weighted by Gasteiger charge is -2.41. The lowest BCUT2D eigenvalue weighted by molar-refractivity contribution is 0.109. The molecule has 114 valence electrons. The highest BCUT2D eigenvalue weighted by Gasteiger charge is 2.27. The third-order valence-electron chi connectivity index (χ3n) is 4.20. The number of hydrogen-bond acceptors (Lipinski definition) is 6. The zero-order valence-corrected chi connectivity index (χ0v) is 13.5. The number of rotatable bonds is 5. The molecule has 0 amide bonds. The Labute approximate surface area is 129 Å². The van der Waals surface area contributed by atoms with Gasteiger partial charge in [0, 0.05) is 39.3 Å². The summed E-state index contributed by atoms with van der Waals surface area (Å²) in [4.78, 5) is 14.9. The molecular formula is C15H22N4OS. The van der Waals surface area contributed by atoms with Gasteiger partial charge in [-0.15, -0.1) is 11.3 Å². The van der Waals surface area contributed by atoms with Crippen LogP contribution in [0.5, 0.6) is 0 Å². The second kappa shape index (κ2) is 6.68. The van der Waals surface area contributed by atoms with Crippen molar-refractivity contribution < 1.29 is 4.74 Å². The van der Waals surface area contributed by atoms with Crippen molar-refractivity contribution in [3.05, 3.63) is 17.8 Å². The monoisotopic (exact) mass is 306 g/mol. The summed E-state index contributed by atoms with van der Waals surface area (Å²) in [6.07, 6.45) is 2.84. The predicted octanol–water partition coefficient (Wildman–Crippen LogP) is 2.24. The first kappa shape index (κ1) is 14.7. The summed E-state index contributed by atoms with van der Waals surface area (Å²) in [6.45, 7) is 7.19. The molecule has 2 aromatic rings. The molecular weight excluding hydrogens is 284 g/mol. The van der Waals surface area contributed by atoms with Crippen LogP contribution in [0, 0.1) is 0 Å². The van der Waals surface area contributed by atoms with Gasteiger partial charge < -0.3 is 9.64 Å². The minimum atomic E-state index is 0.567. The van der Waals surface area contributed by atoms with Gasteiger partial charge in [-0.2, -0.15) is 0 Å². The number of methoxy groups -OCH3 is 1. The fourth-order valence-electron chi connectivity index (χ4n) is 3.00. The second-order valence-electron chi connectivity index (χ2n) is 5.37. The van der Waals surface area contributed by atoms with Crippen molar-refractivity contribution in [2.24, 2.45) is 0 Å². The quantitative estimate of drug-likeness (QED) is 0.847. The van der Waals surface area contributed by atoms with Crippen molar-refractivity contribution >= 4 is 27.4 Å². The Morgan fingerprint density at radius 2 is 2.29 bits per heavy atom. The highest BCUT2D eigenvalue weighted by atomic mass is 32.1. The molecule has 0 saturated carbocycles. The molecule has 0 spiro atoms. The molecule has 0 N–H and O–H groups in total. The third kappa shape index (κ3) is 3.02. The highest BCUT2D eigenvalue weighted by molar-refractivity contribution is 7.16. The fourth-order valence-corrected chi connectivity index (χ4v) is 3.73. The molecule has 1 aliphatic rings. The van der Waals surface area contributed by atoms with Crippen LogP contribution in [-0.2, 0) is 4.74 Å². The maximum atomic E-state index is 5.22. The van der Waals surface area contributed by atoms with Gasteiger partial charge in [0.2, 0.25) is 0 Å². The van der Waals surface area contributed by atoms with E-state index in [1.807, 2.05) is 0 Å². The number of anilines is 1. The highest BCUT2D eigenvalue weighted by Crippen LogP contribution is 2.28. The molecule has 1 saturated heterocycles. The smallest absolute Gasteiger partial charge is 0.140 e. The molecule has 2 aromatic heterocycles. The van der Waals surface area contributed by atoms with Crippen LogP contribution < -0.4 is 4.90 Å². The van der Waals surface area contributed by atoms with E-state index in [9.17, 15) is 0 Å². The molecule has 0 radical (unpaired) electrons. The van der Waals surface area contributed by atoms with Gasteiger partial charge in [-0.25, -0.2) is 9.97 Å². The van der Waals surface area contributed by atoms with Gasteiger partial charge in [-0.3, -0.25) is 4.90 Å². The van der Waals surface area contributed by atoms with E-state index < -0.39 is 0 Å². The number of fused-ring (bicyclic) bond motifs is 1. The molecule has 21 heavy (non-hydrogen) atoms. The zero-order chi connectivity index (χ0) is 14.7. The third-order valence-corrected chi connectivity index (χ3v) is 5.02. The lowest BCUT2D eigenvalue weighted by Crippen LogP contribution is -2.54. The molecule has 5 nitrogen and oxygen atoms in total. The maximum absolute atomic E-state index is 5.22. The Kier molecular flexibility index (Phi) is 4.67. The molecule has 0 aromatic carbocycles. The molecule has 1 atom stereocenters. The topological polar surface area (TPSA) is 41.5 Å². The normalized spacial score (nSPS) is 20.3. The van der Waals surface area contributed by atoms with Gasteiger partial charge in [0.25, 0.3) is 0 Å². The summed E-state index contributed by atoms with van der Waals surface area (Å²) in [6, 6.07) is 2.70. The molecule has 0 aliphatic carbocycles. The van der Waals surface area contributed by atoms with Crippen LogP contribution in [0.15, 0.2) is 17.8 Å². The van der Waals surface area contributed by atoms with Crippen LogP contribution in [0.3, 0.4) is 0 Å². The summed E-state index contributed by atoms with van der Waals surface area (Å²) < 4.78 is 5.22. The van der Waals surface area contributed by atoms with E-state index in [4.69, 9.17) is 4.74 Å². The summed E-state index contributed by atoms with van der Waals surface area (Å²) in [5.74, 6) is 1.09. The van der Waals surface area contributed by atoms with E-state index in [0.717, 1.165) is 49.9 Å². The largest absolute Gasteiger partial charge is 0.383 e. The maximum Gasteiger partial charge on any atom is 0.140 e. The van der Waals surface area contributed by atoms with E-state index in [1.54, 1.807) is 24.8 Å². The van der Waals surface area contributed by atoms with Gasteiger partial charge in [-0.1, -0.05) is 6.92 Å². The number of nitrogens with zero attached hydrogens (tertiary/aromatic N) is 4. The van der Waals surface area contributed by atoms with Crippen molar-refractivity contribution in [3.63, 3.8) is 0 Å². The fraction of sp³-hybridized carbons (Fsp3) is 0.600. The summed E-state index contributed by atoms with van der Waals surface area (Å²) in [7, 11) is 1.77. The first-order valence-corrected chi connectivity index (χ1v) is 8.37. The Morgan fingerprint density at radius 3 is 3.10 bits per heavy atom. The van der Waals surface area contributed by atoms with Crippen LogP contribution >= 0.6 is 11.3 Å². The van der Waals surface area contributed by atoms with Crippen LogP contribution in [0.4, 0.5) is 5.82 Å². The molecule has 0 bridgehead atoms. The number of aromatic nitrogens is 2. The SMILES string of the molecule is CCC1CN(c2ncnc3sccc23)CCN1CCOC. The van der Waals surface area contributed by atoms with Crippen molar-refractivity contribution in [3.8, 4) is 0 Å². The second-order valence-corrected chi connectivity index (χ2v) is 6.27. The number of ether oxygens (including phenoxy) is 1. The van der Waals surface area contributed by atoms with Gasteiger partial charge >= 0.3 is 0 Å². The van der Waals surface area contributed by atoms with Gasteiger partial charge in [0.05, 0.1) is 12.0 Å². The van der Waals surface area contributed by atoms with E-state index in [0.29, 0.717) is 6.04 Å². The first-order valence-electron chi connectivity index (χ1n) is 7.49. The molecule has 3 rings (SSSR count). The van der Waals surface area contributed by atoms with E-state index >= 15 is 0 Å². The molecule has 3 heterocycles. The van der Waals surface area contributed by atoms with E-state index in [2.05, 4.69) is 38.1 Å². The predicted molar refractivity (Wildman–Crippen MR) is 87.2 cm³/mol. The number of thiophene rings is 1. The Balaban J connectivity index is 1.77. The summed E-state index contributed by atoms with van der Waals surface area (Å²) >= 11 is 1.68. The first-order chi connectivity index (χ1) is 10.3. The minimum Gasteiger partial charge on any atom is -0.383 e. The Bertz CT molecular complexity index is 588. The summed E-state index contributed by atoms with van der Waals surface area (Å²) in [5, 5.41) is 3.28. The average molecular weight is 306 g/mol. The summed E-state index contributed by atoms with van der Waals surface area (Å²) in [5.41, 5.74) is 0. The van der Waals surface area contributed by atoms with E-state index in [1.165, 1.54) is 5.39 Å². The number of piperazine rings is 1. The van der Waals surface area contributed by atoms with Crippen LogP contribution in [0.2, 0.25) is 0 Å². The van der Waals surface area contributed by atoms with Crippen molar-refractivity contribution in [1.82, 2.24) is 14.9 Å². The molecule has 1 unspecified atom stereocenters. The molecule has 1 fully saturated rings. The van der Waals surface area contributed by atoms with Gasteiger partial charge in [0.15, 0.2) is 0 Å².